The summed E-state index contributed by atoms with van der Waals surface area (Å²) < 4.78 is 30.7. The Balaban J connectivity index is 0.000000331. The Labute approximate surface area is 237 Å². The molecular formula is C26H41N7O4S2. The molecule has 2 fully saturated rings. The molecule has 216 valence electrons. The zero-order valence-corrected chi connectivity index (χ0v) is 24.3. The van der Waals surface area contributed by atoms with E-state index < -0.39 is 10.0 Å². The summed E-state index contributed by atoms with van der Waals surface area (Å²) >= 11 is 1.28. The minimum Gasteiger partial charge on any atom is -0.477 e. The van der Waals surface area contributed by atoms with Crippen molar-refractivity contribution < 1.29 is 20.8 Å². The number of hydrogen-bond acceptors (Lipinski definition) is 10. The van der Waals surface area contributed by atoms with E-state index in [1.165, 1.54) is 43.7 Å². The van der Waals surface area contributed by atoms with Crippen molar-refractivity contribution in [1.29, 1.82) is 0 Å². The van der Waals surface area contributed by atoms with E-state index in [1.807, 2.05) is 13.8 Å². The van der Waals surface area contributed by atoms with E-state index in [0.717, 1.165) is 17.7 Å². The Bertz CT molecular complexity index is 1270. The third-order valence-corrected chi connectivity index (χ3v) is 8.57. The molecule has 0 aromatic carbocycles. The molecule has 0 atom stereocenters. The van der Waals surface area contributed by atoms with E-state index in [0.29, 0.717) is 35.4 Å². The fourth-order valence-corrected chi connectivity index (χ4v) is 5.69. The second-order valence-corrected chi connectivity index (χ2v) is 12.0. The molecule has 0 radical (unpaired) electrons. The highest BCUT2D eigenvalue weighted by atomic mass is 32.2. The van der Waals surface area contributed by atoms with Crippen molar-refractivity contribution in [1.82, 2.24) is 30.2 Å². The maximum absolute atomic E-state index is 11.6. The number of hydrogen-bond donors (Lipinski definition) is 2. The van der Waals surface area contributed by atoms with Crippen LogP contribution < -0.4 is 14.8 Å². The minimum atomic E-state index is -3.12. The summed E-state index contributed by atoms with van der Waals surface area (Å²) in [5.41, 5.74) is 1.24. The first-order valence-electron chi connectivity index (χ1n) is 13.1. The molecule has 2 aliphatic rings. The molecule has 0 spiro atoms. The van der Waals surface area contributed by atoms with E-state index in [9.17, 15) is 13.2 Å². The van der Waals surface area contributed by atoms with Crippen molar-refractivity contribution in [3.63, 3.8) is 0 Å². The van der Waals surface area contributed by atoms with E-state index in [1.54, 1.807) is 43.1 Å². The van der Waals surface area contributed by atoms with Gasteiger partial charge in [0.2, 0.25) is 15.9 Å². The Kier molecular flexibility index (Phi) is 12.0. The lowest BCUT2D eigenvalue weighted by Gasteiger charge is -2.20. The normalized spacial score (nSPS) is 15.2. The van der Waals surface area contributed by atoms with Crippen LogP contribution in [0.3, 0.4) is 0 Å². The third-order valence-electron chi connectivity index (χ3n) is 5.68. The number of nitrogens with one attached hydrogen (secondary N) is 2. The lowest BCUT2D eigenvalue weighted by molar-refractivity contribution is 0.0955. The monoisotopic (exact) mass is 579 g/mol. The van der Waals surface area contributed by atoms with Gasteiger partial charge in [-0.25, -0.2) is 18.4 Å². The van der Waals surface area contributed by atoms with Gasteiger partial charge in [-0.05, 0) is 71.8 Å². The molecule has 39 heavy (non-hydrogen) atoms. The molecule has 0 bridgehead atoms. The van der Waals surface area contributed by atoms with Gasteiger partial charge in [0.25, 0.3) is 5.91 Å². The number of aromatic nitrogens is 4. The van der Waals surface area contributed by atoms with E-state index in [2.05, 4.69) is 41.9 Å². The van der Waals surface area contributed by atoms with Gasteiger partial charge in [-0.1, -0.05) is 6.42 Å². The summed E-state index contributed by atoms with van der Waals surface area (Å²) in [7, 11) is -0.924. The molecule has 1 saturated heterocycles. The van der Waals surface area contributed by atoms with Gasteiger partial charge in [-0.2, -0.15) is 0 Å². The third kappa shape index (κ3) is 10.5. The molecule has 5 rings (SSSR count). The van der Waals surface area contributed by atoms with Crippen molar-refractivity contribution >= 4 is 33.0 Å². The highest BCUT2D eigenvalue weighted by molar-refractivity contribution is 7.93. The van der Waals surface area contributed by atoms with Crippen LogP contribution in [-0.4, -0.2) is 77.7 Å². The van der Waals surface area contributed by atoms with Crippen LogP contribution in [0.2, 0.25) is 0 Å². The SMILES string of the molecule is CCNC(=O)c1ncc(-c2cncc(OCC)n2)s1.CN1CCCCC1.O=S(=O)(Nc1ccncc1)C1CC1.[HH].[HH]. The summed E-state index contributed by atoms with van der Waals surface area (Å²) in [6.45, 7) is 7.50. The lowest BCUT2D eigenvalue weighted by Crippen LogP contribution is -2.24. The van der Waals surface area contributed by atoms with Crippen LogP contribution >= 0.6 is 11.3 Å². The maximum atomic E-state index is 11.6. The Hall–Kier alpha value is -3.16. The average Bonchev–Trinajstić information content (AvgIpc) is 3.69. The molecule has 1 saturated carbocycles. The van der Waals surface area contributed by atoms with Crippen LogP contribution in [0.5, 0.6) is 5.88 Å². The van der Waals surface area contributed by atoms with Crippen molar-refractivity contribution in [2.45, 2.75) is 51.2 Å². The zero-order valence-electron chi connectivity index (χ0n) is 22.7. The number of piperidine rings is 1. The molecule has 4 heterocycles. The van der Waals surface area contributed by atoms with Crippen LogP contribution in [0.1, 0.15) is 58.6 Å². The average molecular weight is 580 g/mol. The minimum absolute atomic E-state index is 0. The first-order chi connectivity index (χ1) is 18.8. The number of thiazole rings is 1. The number of sulfonamides is 1. The van der Waals surface area contributed by atoms with Gasteiger partial charge in [-0.3, -0.25) is 19.5 Å². The highest BCUT2D eigenvalue weighted by Crippen LogP contribution is 2.29. The van der Waals surface area contributed by atoms with Gasteiger partial charge in [0.1, 0.15) is 5.69 Å². The van der Waals surface area contributed by atoms with E-state index in [4.69, 9.17) is 4.74 Å². The number of carbonyl (C=O) groups is 1. The predicted molar refractivity (Wildman–Crippen MR) is 158 cm³/mol. The summed E-state index contributed by atoms with van der Waals surface area (Å²) in [5, 5.41) is 2.94. The fourth-order valence-electron chi connectivity index (χ4n) is 3.52. The number of ether oxygens (including phenoxy) is 1. The number of amides is 1. The molecule has 1 aliphatic heterocycles. The molecule has 3 aromatic heterocycles. The summed E-state index contributed by atoms with van der Waals surface area (Å²) in [4.78, 5) is 31.1. The van der Waals surface area contributed by atoms with Crippen molar-refractivity contribution in [2.75, 3.05) is 38.0 Å². The van der Waals surface area contributed by atoms with Gasteiger partial charge in [0.05, 0.1) is 34.8 Å². The fraction of sp³-hybridized carbons (Fsp3) is 0.500. The smallest absolute Gasteiger partial charge is 0.280 e. The van der Waals surface area contributed by atoms with Crippen molar-refractivity contribution in [3.05, 3.63) is 48.1 Å². The summed E-state index contributed by atoms with van der Waals surface area (Å²) in [6.07, 6.45) is 13.7. The van der Waals surface area contributed by atoms with E-state index in [-0.39, 0.29) is 14.0 Å². The van der Waals surface area contributed by atoms with Gasteiger partial charge < -0.3 is 15.0 Å². The first-order valence-corrected chi connectivity index (χ1v) is 15.5. The highest BCUT2D eigenvalue weighted by Gasteiger charge is 2.35. The van der Waals surface area contributed by atoms with Crippen LogP contribution in [-0.2, 0) is 10.0 Å². The predicted octanol–water partition coefficient (Wildman–Crippen LogP) is 4.33. The Morgan fingerprint density at radius 1 is 1.10 bits per heavy atom. The maximum Gasteiger partial charge on any atom is 0.280 e. The molecule has 2 N–H and O–H groups in total. The molecule has 0 unspecified atom stereocenters. The number of nitrogens with zero attached hydrogens (tertiary/aromatic N) is 5. The number of likely N-dealkylation sites (tertiary alicyclic amines) is 1. The molecule has 13 heteroatoms. The second-order valence-electron chi connectivity index (χ2n) is 9.01. The van der Waals surface area contributed by atoms with Gasteiger partial charge in [0, 0.05) is 28.0 Å². The topological polar surface area (TPSA) is 139 Å². The quantitative estimate of drug-likeness (QED) is 0.399. The van der Waals surface area contributed by atoms with E-state index >= 15 is 0 Å². The standard InChI is InChI=1S/C12H14N4O2S.C8H10N2O2S.C6H13N.2H2/c1-3-14-11(17)12-15-6-9(19-12)8-5-13-7-10(16-8)18-4-2;11-13(12,8-1-2-8)10-7-3-5-9-6-4-7;1-7-5-3-2-4-6-7;;/h5-7H,3-4H2,1-2H3,(H,14,17);3-6,8H,1-2H2,(H,9,10);2-6H2,1H3;2*1H. The zero-order chi connectivity index (χ0) is 28.1. The molecule has 11 nitrogen and oxygen atoms in total. The summed E-state index contributed by atoms with van der Waals surface area (Å²) in [5.74, 6) is 0.292. The first kappa shape index (κ1) is 30.4. The van der Waals surface area contributed by atoms with Crippen LogP contribution in [0.4, 0.5) is 5.69 Å². The van der Waals surface area contributed by atoms with Gasteiger partial charge in [-0.15, -0.1) is 11.3 Å². The number of anilines is 1. The number of rotatable bonds is 8. The van der Waals surface area contributed by atoms with Crippen molar-refractivity contribution in [2.24, 2.45) is 0 Å². The Morgan fingerprint density at radius 2 is 1.82 bits per heavy atom. The van der Waals surface area contributed by atoms with Crippen LogP contribution in [0, 0.1) is 0 Å². The molecular weight excluding hydrogens is 538 g/mol. The van der Waals surface area contributed by atoms with Crippen LogP contribution in [0.25, 0.3) is 10.6 Å². The van der Waals surface area contributed by atoms with Crippen molar-refractivity contribution in [3.8, 4) is 16.5 Å². The van der Waals surface area contributed by atoms with Gasteiger partial charge in [0.15, 0.2) is 5.01 Å². The molecule has 3 aromatic rings. The lowest BCUT2D eigenvalue weighted by atomic mass is 10.1. The largest absolute Gasteiger partial charge is 0.477 e. The molecule has 1 aliphatic carbocycles. The van der Waals surface area contributed by atoms with Crippen LogP contribution in [0.15, 0.2) is 43.1 Å². The summed E-state index contributed by atoms with van der Waals surface area (Å²) in [6, 6.07) is 3.28. The molecule has 1 amide bonds. The Morgan fingerprint density at radius 3 is 2.41 bits per heavy atom. The van der Waals surface area contributed by atoms with Gasteiger partial charge >= 0.3 is 0 Å². The second kappa shape index (κ2) is 15.4. The number of pyridine rings is 1. The number of carbonyl (C=O) groups excluding carboxylic acids is 1.